The van der Waals surface area contributed by atoms with Gasteiger partial charge >= 0.3 is 6.09 Å². The number of carbonyl (C=O) groups excluding carboxylic acids is 4. The number of alkyl carbamates (subject to hydrolysis) is 1. The van der Waals surface area contributed by atoms with Crippen molar-refractivity contribution < 1.29 is 29.0 Å². The second-order valence-corrected chi connectivity index (χ2v) is 14.9. The Labute approximate surface area is 307 Å². The van der Waals surface area contributed by atoms with Crippen molar-refractivity contribution >= 4 is 23.8 Å². The van der Waals surface area contributed by atoms with Gasteiger partial charge in [0.15, 0.2) is 0 Å². The number of amides is 4. The molecule has 282 valence electrons. The lowest BCUT2D eigenvalue weighted by atomic mass is 9.81. The number of imidazole rings is 1. The molecule has 4 amide bonds. The van der Waals surface area contributed by atoms with E-state index < -0.39 is 53.7 Å². The number of hydrogen-bond acceptors (Lipinski definition) is 7. The number of H-pyrrole nitrogens is 1. The van der Waals surface area contributed by atoms with Gasteiger partial charge in [0.1, 0.15) is 17.7 Å². The zero-order valence-corrected chi connectivity index (χ0v) is 30.9. The Morgan fingerprint density at radius 3 is 2.00 bits per heavy atom. The number of nitrogens with zero attached hydrogens (tertiary/aromatic N) is 1. The monoisotopic (exact) mass is 716 g/mol. The summed E-state index contributed by atoms with van der Waals surface area (Å²) < 4.78 is 5.46. The number of aliphatic hydroxyl groups excluding tert-OH is 1. The number of aromatic amines is 1. The van der Waals surface area contributed by atoms with Crippen LogP contribution in [-0.4, -0.2) is 75.8 Å². The van der Waals surface area contributed by atoms with Crippen LogP contribution in [0.1, 0.15) is 82.5 Å². The van der Waals surface area contributed by atoms with E-state index in [1.807, 2.05) is 60.7 Å². The maximum Gasteiger partial charge on any atom is 0.408 e. The van der Waals surface area contributed by atoms with Gasteiger partial charge in [-0.05, 0) is 57.1 Å². The van der Waals surface area contributed by atoms with E-state index in [1.165, 1.54) is 6.33 Å². The predicted octanol–water partition coefficient (Wildman–Crippen LogP) is 4.38. The quantitative estimate of drug-likeness (QED) is 0.120. The van der Waals surface area contributed by atoms with Gasteiger partial charge in [0.2, 0.25) is 17.7 Å². The van der Waals surface area contributed by atoms with Crippen LogP contribution in [0.3, 0.4) is 0 Å². The molecule has 0 spiro atoms. The molecule has 0 radical (unpaired) electrons. The van der Waals surface area contributed by atoms with Crippen molar-refractivity contribution in [1.82, 2.24) is 31.2 Å². The lowest BCUT2D eigenvalue weighted by molar-refractivity contribution is -0.131. The number of aromatic nitrogens is 2. The maximum absolute atomic E-state index is 14.3. The van der Waals surface area contributed by atoms with E-state index >= 15 is 0 Å². The second-order valence-electron chi connectivity index (χ2n) is 14.9. The summed E-state index contributed by atoms with van der Waals surface area (Å²) in [7, 11) is 1.58. The van der Waals surface area contributed by atoms with Crippen LogP contribution in [-0.2, 0) is 38.4 Å². The molecule has 52 heavy (non-hydrogen) atoms. The Morgan fingerprint density at radius 1 is 0.827 bits per heavy atom. The second kappa shape index (κ2) is 19.8. The molecule has 5 atom stereocenters. The summed E-state index contributed by atoms with van der Waals surface area (Å²) in [5.41, 5.74) is 1.62. The Kier molecular flexibility index (Phi) is 15.2. The molecule has 12 heteroatoms. The summed E-state index contributed by atoms with van der Waals surface area (Å²) in [5.74, 6) is -1.46. The van der Waals surface area contributed by atoms with Gasteiger partial charge in [-0.2, -0.15) is 0 Å². The minimum absolute atomic E-state index is 0.0865. The number of rotatable bonds is 17. The third kappa shape index (κ3) is 13.4. The Bertz CT molecular complexity index is 1540. The fourth-order valence-corrected chi connectivity index (χ4v) is 6.83. The van der Waals surface area contributed by atoms with Gasteiger partial charge in [-0.25, -0.2) is 9.78 Å². The third-order valence-electron chi connectivity index (χ3n) is 9.47. The molecule has 0 bridgehead atoms. The number of benzene rings is 2. The number of ether oxygens (including phenoxy) is 1. The average molecular weight is 717 g/mol. The first-order valence-corrected chi connectivity index (χ1v) is 18.4. The van der Waals surface area contributed by atoms with E-state index in [0.29, 0.717) is 24.5 Å². The molecule has 0 saturated heterocycles. The molecular weight excluding hydrogens is 660 g/mol. The molecule has 1 fully saturated rings. The van der Waals surface area contributed by atoms with Gasteiger partial charge in [0.25, 0.3) is 0 Å². The summed E-state index contributed by atoms with van der Waals surface area (Å²) in [6, 6.07) is 16.1. The SMILES string of the molecule is CNC(=O)C(Cc1ccccc1)CC(O)[C@H](CC1CCCCC1)NC(=O)[C@H](Cc1cnc[nH]1)NC(=O)[C@H](Cc1ccccc1)NC(=O)OC(C)(C)C. The Hall–Kier alpha value is -4.71. The standard InChI is InChI=1S/C40H56N6O6/c1-40(2,3)52-39(51)46-33(22-29-18-12-7-13-19-29)37(49)45-34(24-31-25-42-26-43-31)38(50)44-32(21-28-16-10-6-11-17-28)35(47)23-30(36(48)41-4)20-27-14-8-5-9-15-27/h5,7-9,12-15,18-19,25-26,28,30,32-35,47H,6,10-11,16-17,20-24H2,1-4H3,(H,41,48)(H,42,43)(H,44,50)(H,45,49)(H,46,51)/t30?,32-,33-,34-,35?/m0/s1. The minimum atomic E-state index is -1.08. The summed E-state index contributed by atoms with van der Waals surface area (Å²) in [5, 5.41) is 23.2. The van der Waals surface area contributed by atoms with Crippen LogP contribution in [0.25, 0.3) is 0 Å². The van der Waals surface area contributed by atoms with Gasteiger partial charge in [0.05, 0.1) is 18.5 Å². The maximum atomic E-state index is 14.3. The number of aliphatic hydroxyl groups is 1. The van der Waals surface area contributed by atoms with Gasteiger partial charge in [0, 0.05) is 37.7 Å². The van der Waals surface area contributed by atoms with E-state index in [4.69, 9.17) is 4.74 Å². The Balaban J connectivity index is 1.57. The van der Waals surface area contributed by atoms with Crippen LogP contribution in [0.2, 0.25) is 0 Å². The molecular formula is C40H56N6O6. The lowest BCUT2D eigenvalue weighted by Gasteiger charge is -2.33. The van der Waals surface area contributed by atoms with Crippen molar-refractivity contribution in [2.24, 2.45) is 11.8 Å². The molecule has 0 aliphatic heterocycles. The zero-order chi connectivity index (χ0) is 37.5. The first-order chi connectivity index (χ1) is 24.9. The molecule has 2 aromatic carbocycles. The highest BCUT2D eigenvalue weighted by molar-refractivity contribution is 5.91. The minimum Gasteiger partial charge on any atom is -0.444 e. The molecule has 6 N–H and O–H groups in total. The summed E-state index contributed by atoms with van der Waals surface area (Å²) in [6.45, 7) is 5.21. The highest BCUT2D eigenvalue weighted by Gasteiger charge is 2.34. The highest BCUT2D eigenvalue weighted by atomic mass is 16.6. The molecule has 1 aromatic heterocycles. The summed E-state index contributed by atoms with van der Waals surface area (Å²) in [4.78, 5) is 61.2. The van der Waals surface area contributed by atoms with Crippen molar-refractivity contribution in [2.75, 3.05) is 7.05 Å². The van der Waals surface area contributed by atoms with Crippen molar-refractivity contribution in [3.05, 3.63) is 90.0 Å². The van der Waals surface area contributed by atoms with Crippen molar-refractivity contribution in [3.8, 4) is 0 Å². The molecule has 4 rings (SSSR count). The number of carbonyl (C=O) groups is 4. The number of hydrogen-bond donors (Lipinski definition) is 6. The first kappa shape index (κ1) is 40.1. The normalized spacial score (nSPS) is 16.4. The molecule has 1 aliphatic carbocycles. The van der Waals surface area contributed by atoms with Crippen molar-refractivity contribution in [1.29, 1.82) is 0 Å². The zero-order valence-electron chi connectivity index (χ0n) is 30.9. The van der Waals surface area contributed by atoms with E-state index in [9.17, 15) is 24.3 Å². The van der Waals surface area contributed by atoms with Crippen LogP contribution in [0.5, 0.6) is 0 Å². The smallest absolute Gasteiger partial charge is 0.408 e. The predicted molar refractivity (Wildman–Crippen MR) is 199 cm³/mol. The van der Waals surface area contributed by atoms with Gasteiger partial charge in [-0.3, -0.25) is 14.4 Å². The van der Waals surface area contributed by atoms with Crippen molar-refractivity contribution in [3.63, 3.8) is 0 Å². The van der Waals surface area contributed by atoms with Gasteiger partial charge in [-0.1, -0.05) is 92.8 Å². The van der Waals surface area contributed by atoms with Crippen LogP contribution in [0.4, 0.5) is 4.79 Å². The van der Waals surface area contributed by atoms with E-state index in [0.717, 1.165) is 43.2 Å². The average Bonchev–Trinajstić information content (AvgIpc) is 3.64. The fraction of sp³-hybridized carbons (Fsp3) is 0.525. The molecule has 12 nitrogen and oxygen atoms in total. The third-order valence-corrected chi connectivity index (χ3v) is 9.47. The Morgan fingerprint density at radius 2 is 1.42 bits per heavy atom. The fourth-order valence-electron chi connectivity index (χ4n) is 6.83. The van der Waals surface area contributed by atoms with Crippen LogP contribution >= 0.6 is 0 Å². The molecule has 1 aliphatic rings. The summed E-state index contributed by atoms with van der Waals surface area (Å²) in [6.07, 6.45) is 7.98. The molecule has 3 aromatic rings. The first-order valence-electron chi connectivity index (χ1n) is 18.4. The van der Waals surface area contributed by atoms with E-state index in [1.54, 1.807) is 34.0 Å². The summed E-state index contributed by atoms with van der Waals surface area (Å²) >= 11 is 0. The topological polar surface area (TPSA) is 175 Å². The number of nitrogens with one attached hydrogen (secondary N) is 5. The van der Waals surface area contributed by atoms with Crippen LogP contribution < -0.4 is 21.3 Å². The van der Waals surface area contributed by atoms with Gasteiger partial charge in [-0.15, -0.1) is 0 Å². The molecule has 1 saturated carbocycles. The van der Waals surface area contributed by atoms with Crippen molar-refractivity contribution in [2.45, 2.75) is 115 Å². The molecule has 1 heterocycles. The van der Waals surface area contributed by atoms with E-state index in [-0.39, 0.29) is 25.2 Å². The molecule has 2 unspecified atom stereocenters. The van der Waals surface area contributed by atoms with Gasteiger partial charge < -0.3 is 36.1 Å². The van der Waals surface area contributed by atoms with Crippen LogP contribution in [0.15, 0.2) is 73.2 Å². The van der Waals surface area contributed by atoms with E-state index in [2.05, 4.69) is 31.2 Å². The largest absolute Gasteiger partial charge is 0.444 e. The lowest BCUT2D eigenvalue weighted by Crippen LogP contribution is -2.58. The highest BCUT2D eigenvalue weighted by Crippen LogP contribution is 2.29. The van der Waals surface area contributed by atoms with Crippen LogP contribution in [0, 0.1) is 11.8 Å².